The maximum Gasteiger partial charge on any atom is 0.0897 e. The largest absolute Gasteiger partial charge is 0.394 e. The monoisotopic (exact) mass is 193 g/mol. The van der Waals surface area contributed by atoms with Gasteiger partial charge in [-0.15, -0.1) is 0 Å². The van der Waals surface area contributed by atoms with Crippen molar-refractivity contribution < 1.29 is 10.2 Å². The van der Waals surface area contributed by atoms with Crippen molar-refractivity contribution >= 4 is 11.8 Å². The number of aliphatic hydroxyl groups is 2. The zero-order chi connectivity index (χ0) is 9.56. The van der Waals surface area contributed by atoms with Crippen molar-refractivity contribution in [3.8, 4) is 0 Å². The van der Waals surface area contributed by atoms with Crippen molar-refractivity contribution in [2.45, 2.75) is 19.1 Å². The Morgan fingerprint density at radius 2 is 2.08 bits per heavy atom. The van der Waals surface area contributed by atoms with Crippen LogP contribution in [-0.2, 0) is 0 Å². The predicted molar refractivity (Wildman–Crippen MR) is 53.6 cm³/mol. The first kappa shape index (κ1) is 12.2. The third-order valence-corrected chi connectivity index (χ3v) is 2.69. The molecule has 3 nitrogen and oxygen atoms in total. The Morgan fingerprint density at radius 1 is 1.50 bits per heavy atom. The number of thioether (sulfide) groups is 1. The van der Waals surface area contributed by atoms with E-state index in [9.17, 15) is 0 Å². The van der Waals surface area contributed by atoms with E-state index >= 15 is 0 Å². The summed E-state index contributed by atoms with van der Waals surface area (Å²) in [7, 11) is 1.96. The fourth-order valence-corrected chi connectivity index (χ4v) is 1.68. The van der Waals surface area contributed by atoms with Gasteiger partial charge in [0.05, 0.1) is 12.7 Å². The molecule has 2 N–H and O–H groups in total. The van der Waals surface area contributed by atoms with Gasteiger partial charge in [-0.3, -0.25) is 0 Å². The van der Waals surface area contributed by atoms with Crippen molar-refractivity contribution in [1.29, 1.82) is 0 Å². The molecular weight excluding hydrogens is 174 g/mol. The minimum atomic E-state index is -0.612. The normalized spacial score (nSPS) is 16.5. The first-order valence-electron chi connectivity index (χ1n) is 4.10. The number of rotatable bonds is 6. The molecule has 0 rings (SSSR count). The molecule has 0 amide bonds. The summed E-state index contributed by atoms with van der Waals surface area (Å²) in [5.74, 6) is 1.05. The maximum absolute atomic E-state index is 9.15. The molecule has 4 heteroatoms. The van der Waals surface area contributed by atoms with Crippen LogP contribution in [0.15, 0.2) is 0 Å². The zero-order valence-electron chi connectivity index (χ0n) is 8.03. The van der Waals surface area contributed by atoms with Crippen molar-refractivity contribution in [2.24, 2.45) is 0 Å². The molecule has 74 valence electrons. The molecule has 0 aliphatic carbocycles. The van der Waals surface area contributed by atoms with Crippen LogP contribution in [0, 0.1) is 0 Å². The van der Waals surface area contributed by atoms with E-state index in [1.165, 1.54) is 0 Å². The van der Waals surface area contributed by atoms with Gasteiger partial charge in [-0.25, -0.2) is 0 Å². The van der Waals surface area contributed by atoms with Crippen LogP contribution in [0.3, 0.4) is 0 Å². The van der Waals surface area contributed by atoms with Gasteiger partial charge < -0.3 is 15.1 Å². The summed E-state index contributed by atoms with van der Waals surface area (Å²) < 4.78 is 0. The van der Waals surface area contributed by atoms with Crippen molar-refractivity contribution in [2.75, 3.05) is 32.2 Å². The van der Waals surface area contributed by atoms with Gasteiger partial charge in [0.2, 0.25) is 0 Å². The molecule has 0 heterocycles. The molecule has 12 heavy (non-hydrogen) atoms. The standard InChI is InChI=1S/C8H19NO2S/c1-7(6-12-3)9(2)4-8(11)5-10/h7-8,10-11H,4-6H2,1-3H3. The third kappa shape index (κ3) is 4.98. The second-order valence-corrected chi connectivity index (χ2v) is 3.99. The lowest BCUT2D eigenvalue weighted by atomic mass is 10.3. The van der Waals surface area contributed by atoms with E-state index < -0.39 is 6.10 Å². The Labute approximate surface area is 78.8 Å². The van der Waals surface area contributed by atoms with E-state index in [1.807, 2.05) is 7.05 Å². The van der Waals surface area contributed by atoms with Crippen LogP contribution in [0.5, 0.6) is 0 Å². The molecule has 0 aliphatic rings. The Hall–Kier alpha value is 0.230. The van der Waals surface area contributed by atoms with Gasteiger partial charge in [0.25, 0.3) is 0 Å². The smallest absolute Gasteiger partial charge is 0.0897 e. The average Bonchev–Trinajstić information content (AvgIpc) is 2.04. The summed E-state index contributed by atoms with van der Waals surface area (Å²) in [5, 5.41) is 17.8. The zero-order valence-corrected chi connectivity index (χ0v) is 8.84. The lowest BCUT2D eigenvalue weighted by molar-refractivity contribution is 0.0594. The van der Waals surface area contributed by atoms with E-state index in [2.05, 4.69) is 18.1 Å². The van der Waals surface area contributed by atoms with Crippen molar-refractivity contribution in [3.05, 3.63) is 0 Å². The summed E-state index contributed by atoms with van der Waals surface area (Å²) in [6.07, 6.45) is 1.45. The van der Waals surface area contributed by atoms with Gasteiger partial charge in [0.15, 0.2) is 0 Å². The SMILES string of the molecule is CSCC(C)N(C)CC(O)CO. The van der Waals surface area contributed by atoms with Gasteiger partial charge in [0.1, 0.15) is 0 Å². The number of aliphatic hydroxyl groups excluding tert-OH is 2. The number of likely N-dealkylation sites (N-methyl/N-ethyl adjacent to an activating group) is 1. The fourth-order valence-electron chi connectivity index (χ4n) is 0.939. The van der Waals surface area contributed by atoms with Crippen molar-refractivity contribution in [1.82, 2.24) is 4.90 Å². The summed E-state index contributed by atoms with van der Waals surface area (Å²) in [6.45, 7) is 2.50. The fraction of sp³-hybridized carbons (Fsp3) is 1.00. The van der Waals surface area contributed by atoms with Gasteiger partial charge in [-0.2, -0.15) is 11.8 Å². The summed E-state index contributed by atoms with van der Waals surface area (Å²) in [4.78, 5) is 2.05. The van der Waals surface area contributed by atoms with Gasteiger partial charge in [0, 0.05) is 18.3 Å². The van der Waals surface area contributed by atoms with Crippen LogP contribution in [-0.4, -0.2) is 59.5 Å². The molecule has 2 unspecified atom stereocenters. The quantitative estimate of drug-likeness (QED) is 0.624. The maximum atomic E-state index is 9.15. The van der Waals surface area contributed by atoms with E-state index in [4.69, 9.17) is 10.2 Å². The highest BCUT2D eigenvalue weighted by Crippen LogP contribution is 2.03. The van der Waals surface area contributed by atoms with E-state index in [0.29, 0.717) is 12.6 Å². The molecule has 0 spiro atoms. The van der Waals surface area contributed by atoms with Crippen LogP contribution in [0.25, 0.3) is 0 Å². The van der Waals surface area contributed by atoms with Crippen LogP contribution < -0.4 is 0 Å². The van der Waals surface area contributed by atoms with Crippen LogP contribution in [0.1, 0.15) is 6.92 Å². The first-order chi connectivity index (χ1) is 5.61. The van der Waals surface area contributed by atoms with Crippen molar-refractivity contribution in [3.63, 3.8) is 0 Å². The van der Waals surface area contributed by atoms with Crippen LogP contribution in [0.4, 0.5) is 0 Å². The molecule has 0 aliphatic heterocycles. The Balaban J connectivity index is 3.62. The molecule has 0 aromatic carbocycles. The molecule has 0 saturated heterocycles. The predicted octanol–water partition coefficient (Wildman–Crippen LogP) is 0.0229. The lowest BCUT2D eigenvalue weighted by Crippen LogP contribution is -2.38. The molecule has 0 bridgehead atoms. The van der Waals surface area contributed by atoms with Gasteiger partial charge >= 0.3 is 0 Å². The third-order valence-electron chi connectivity index (χ3n) is 1.87. The Kier molecular flexibility index (Phi) is 6.84. The van der Waals surface area contributed by atoms with Gasteiger partial charge in [-0.1, -0.05) is 0 Å². The minimum Gasteiger partial charge on any atom is -0.394 e. The molecule has 2 atom stereocenters. The molecule has 0 aromatic heterocycles. The topological polar surface area (TPSA) is 43.7 Å². The number of hydrogen-bond donors (Lipinski definition) is 2. The first-order valence-corrected chi connectivity index (χ1v) is 5.49. The number of nitrogens with zero attached hydrogens (tertiary/aromatic N) is 1. The summed E-state index contributed by atoms with van der Waals surface area (Å²) in [5.41, 5.74) is 0. The second-order valence-electron chi connectivity index (χ2n) is 3.08. The molecule has 0 radical (unpaired) electrons. The van der Waals surface area contributed by atoms with E-state index in [-0.39, 0.29) is 6.61 Å². The highest BCUT2D eigenvalue weighted by molar-refractivity contribution is 7.98. The highest BCUT2D eigenvalue weighted by atomic mass is 32.2. The second kappa shape index (κ2) is 6.71. The van der Waals surface area contributed by atoms with Gasteiger partial charge in [-0.05, 0) is 20.2 Å². The van der Waals surface area contributed by atoms with Crippen LogP contribution >= 0.6 is 11.8 Å². The lowest BCUT2D eigenvalue weighted by Gasteiger charge is -2.25. The Morgan fingerprint density at radius 3 is 2.50 bits per heavy atom. The summed E-state index contributed by atoms with van der Waals surface area (Å²) >= 11 is 1.79. The van der Waals surface area contributed by atoms with E-state index in [1.54, 1.807) is 11.8 Å². The average molecular weight is 193 g/mol. The number of hydrogen-bond acceptors (Lipinski definition) is 4. The molecule has 0 fully saturated rings. The van der Waals surface area contributed by atoms with Crippen LogP contribution in [0.2, 0.25) is 0 Å². The highest BCUT2D eigenvalue weighted by Gasteiger charge is 2.11. The molecule has 0 aromatic rings. The summed E-state index contributed by atoms with van der Waals surface area (Å²) in [6, 6.07) is 0.446. The minimum absolute atomic E-state index is 0.156. The Bertz CT molecular complexity index is 113. The van der Waals surface area contributed by atoms with E-state index in [0.717, 1.165) is 5.75 Å². The molecular formula is C8H19NO2S. The molecule has 0 saturated carbocycles.